The van der Waals surface area contributed by atoms with Crippen LogP contribution in [0.15, 0.2) is 12.4 Å². The van der Waals surface area contributed by atoms with Crippen LogP contribution in [0.25, 0.3) is 0 Å². The predicted molar refractivity (Wildman–Crippen MR) is 71.1 cm³/mol. The van der Waals surface area contributed by atoms with Gasteiger partial charge in [0.2, 0.25) is 5.91 Å². The maximum absolute atomic E-state index is 11.7. The number of hydrogen-bond acceptors (Lipinski definition) is 5. The van der Waals surface area contributed by atoms with Crippen molar-refractivity contribution in [3.05, 3.63) is 18.1 Å². The Morgan fingerprint density at radius 3 is 2.30 bits per heavy atom. The Balaban J connectivity index is 2.63. The second kappa shape index (κ2) is 6.23. The maximum Gasteiger partial charge on any atom is 0.310 e. The lowest BCUT2D eigenvalue weighted by molar-refractivity contribution is -0.140. The Hall–Kier alpha value is -2.31. The summed E-state index contributed by atoms with van der Waals surface area (Å²) < 4.78 is 0. The molecule has 0 radical (unpaired) electrons. The molecule has 0 aromatic carbocycles. The number of aliphatic carboxylic acids is 1. The minimum Gasteiger partial charge on any atom is -0.481 e. The molecule has 0 atom stereocenters. The van der Waals surface area contributed by atoms with Crippen LogP contribution in [0, 0.1) is 5.41 Å². The molecule has 7 heteroatoms. The summed E-state index contributed by atoms with van der Waals surface area (Å²) in [5, 5.41) is 11.1. The van der Waals surface area contributed by atoms with Crippen LogP contribution in [0.5, 0.6) is 0 Å². The van der Waals surface area contributed by atoms with Crippen LogP contribution in [-0.4, -0.2) is 32.7 Å². The molecule has 1 aromatic heterocycles. The van der Waals surface area contributed by atoms with E-state index in [1.54, 1.807) is 20.8 Å². The van der Waals surface area contributed by atoms with Gasteiger partial charge in [0.05, 0.1) is 24.5 Å². The van der Waals surface area contributed by atoms with Gasteiger partial charge in [-0.2, -0.15) is 0 Å². The van der Waals surface area contributed by atoms with Gasteiger partial charge >= 0.3 is 5.97 Å². The van der Waals surface area contributed by atoms with E-state index >= 15 is 0 Å². The van der Waals surface area contributed by atoms with Crippen LogP contribution in [-0.2, 0) is 20.8 Å². The molecule has 1 aromatic rings. The quantitative estimate of drug-likeness (QED) is 0.779. The van der Waals surface area contributed by atoms with E-state index in [1.807, 2.05) is 0 Å². The van der Waals surface area contributed by atoms with Gasteiger partial charge in [-0.1, -0.05) is 20.8 Å². The van der Waals surface area contributed by atoms with Gasteiger partial charge in [0.25, 0.3) is 0 Å². The van der Waals surface area contributed by atoms with E-state index in [0.717, 1.165) is 0 Å². The number of rotatable bonds is 5. The van der Waals surface area contributed by atoms with Crippen LogP contribution in [0.1, 0.15) is 32.9 Å². The van der Waals surface area contributed by atoms with E-state index in [-0.39, 0.29) is 12.3 Å². The fourth-order valence-electron chi connectivity index (χ4n) is 1.25. The van der Waals surface area contributed by atoms with Crippen molar-refractivity contribution >= 4 is 23.5 Å². The molecule has 0 saturated heterocycles. The number of carboxylic acids is 1. The van der Waals surface area contributed by atoms with Crippen molar-refractivity contribution in [2.75, 3.05) is 5.32 Å². The zero-order valence-electron chi connectivity index (χ0n) is 11.6. The summed E-state index contributed by atoms with van der Waals surface area (Å²) in [7, 11) is 0. The molecular formula is C13H17N3O4. The molecule has 0 aliphatic carbocycles. The molecule has 0 aliphatic rings. The zero-order valence-corrected chi connectivity index (χ0v) is 11.6. The lowest BCUT2D eigenvalue weighted by Crippen LogP contribution is -2.28. The van der Waals surface area contributed by atoms with E-state index in [2.05, 4.69) is 15.3 Å². The lowest BCUT2D eigenvalue weighted by Gasteiger charge is -2.16. The van der Waals surface area contributed by atoms with Gasteiger partial charge in [-0.3, -0.25) is 19.4 Å². The second-order valence-electron chi connectivity index (χ2n) is 5.38. The number of amides is 1. The number of carbonyl (C=O) groups excluding carboxylic acids is 2. The van der Waals surface area contributed by atoms with E-state index in [4.69, 9.17) is 5.11 Å². The Morgan fingerprint density at radius 2 is 1.85 bits per heavy atom. The molecule has 0 unspecified atom stereocenters. The molecule has 0 spiro atoms. The first-order chi connectivity index (χ1) is 9.18. The van der Waals surface area contributed by atoms with E-state index in [1.165, 1.54) is 12.4 Å². The van der Waals surface area contributed by atoms with E-state index in [0.29, 0.717) is 11.5 Å². The fourth-order valence-corrected chi connectivity index (χ4v) is 1.25. The van der Waals surface area contributed by atoms with Gasteiger partial charge in [0.1, 0.15) is 12.2 Å². The van der Waals surface area contributed by atoms with Crippen molar-refractivity contribution in [2.45, 2.75) is 33.6 Å². The number of ketones is 1. The summed E-state index contributed by atoms with van der Waals surface area (Å²) in [6.07, 6.45) is 2.06. The van der Waals surface area contributed by atoms with Crippen molar-refractivity contribution in [1.29, 1.82) is 0 Å². The van der Waals surface area contributed by atoms with Gasteiger partial charge in [-0.15, -0.1) is 0 Å². The first-order valence-electron chi connectivity index (χ1n) is 6.04. The number of nitrogens with zero attached hydrogens (tertiary/aromatic N) is 2. The molecule has 0 fully saturated rings. The molecule has 0 saturated carbocycles. The Bertz CT molecular complexity index is 517. The zero-order chi connectivity index (χ0) is 15.3. The molecule has 0 aliphatic heterocycles. The highest BCUT2D eigenvalue weighted by molar-refractivity contribution is 5.95. The summed E-state index contributed by atoms with van der Waals surface area (Å²) in [5.41, 5.74) is -0.178. The van der Waals surface area contributed by atoms with Gasteiger partial charge in [-0.05, 0) is 0 Å². The number of Topliss-reactive ketones (excluding diaryl/α,β-unsaturated/α-hetero) is 1. The highest BCUT2D eigenvalue weighted by atomic mass is 16.4. The number of carbonyl (C=O) groups is 3. The highest BCUT2D eigenvalue weighted by Crippen LogP contribution is 2.15. The van der Waals surface area contributed by atoms with Crippen molar-refractivity contribution in [2.24, 2.45) is 5.41 Å². The average molecular weight is 279 g/mol. The summed E-state index contributed by atoms with van der Waals surface area (Å²) in [5.74, 6) is -1.52. The molecule has 0 bridgehead atoms. The largest absolute Gasteiger partial charge is 0.481 e. The third kappa shape index (κ3) is 5.13. The SMILES string of the molecule is CC(C)(C)C(=O)Nc1cnc(CC(=O)CC(=O)O)cn1. The summed E-state index contributed by atoms with van der Waals surface area (Å²) in [6, 6.07) is 0. The molecule has 1 heterocycles. The van der Waals surface area contributed by atoms with Crippen molar-refractivity contribution in [1.82, 2.24) is 9.97 Å². The normalized spacial score (nSPS) is 10.9. The standard InChI is InChI=1S/C13H17N3O4/c1-13(2,3)12(20)16-10-7-14-8(6-15-10)4-9(17)5-11(18)19/h6-7H,4-5H2,1-3H3,(H,18,19)(H,15,16,20). The van der Waals surface area contributed by atoms with Gasteiger partial charge in [0, 0.05) is 5.41 Å². The molecule has 2 N–H and O–H groups in total. The van der Waals surface area contributed by atoms with Crippen LogP contribution in [0.4, 0.5) is 5.82 Å². The number of hydrogen-bond donors (Lipinski definition) is 2. The molecular weight excluding hydrogens is 262 g/mol. The van der Waals surface area contributed by atoms with Gasteiger partial charge in [0.15, 0.2) is 5.82 Å². The lowest BCUT2D eigenvalue weighted by atomic mass is 9.96. The maximum atomic E-state index is 11.7. The van der Waals surface area contributed by atoms with Gasteiger partial charge in [-0.25, -0.2) is 4.98 Å². The highest BCUT2D eigenvalue weighted by Gasteiger charge is 2.21. The third-order valence-corrected chi connectivity index (χ3v) is 2.35. The Kier molecular flexibility index (Phi) is 4.90. The summed E-state index contributed by atoms with van der Waals surface area (Å²) in [4.78, 5) is 41.3. The van der Waals surface area contributed by atoms with Crippen molar-refractivity contribution in [3.8, 4) is 0 Å². The van der Waals surface area contributed by atoms with Gasteiger partial charge < -0.3 is 10.4 Å². The first kappa shape index (κ1) is 15.7. The molecule has 1 amide bonds. The first-order valence-corrected chi connectivity index (χ1v) is 6.04. The third-order valence-electron chi connectivity index (χ3n) is 2.35. The van der Waals surface area contributed by atoms with Crippen molar-refractivity contribution in [3.63, 3.8) is 0 Å². The van der Waals surface area contributed by atoms with E-state index < -0.39 is 23.6 Å². The average Bonchev–Trinajstić information content (AvgIpc) is 2.29. The number of anilines is 1. The van der Waals surface area contributed by atoms with Crippen molar-refractivity contribution < 1.29 is 19.5 Å². The minimum absolute atomic E-state index is 0.0905. The Morgan fingerprint density at radius 1 is 1.20 bits per heavy atom. The van der Waals surface area contributed by atoms with Crippen LogP contribution in [0.2, 0.25) is 0 Å². The number of nitrogens with one attached hydrogen (secondary N) is 1. The topological polar surface area (TPSA) is 109 Å². The fraction of sp³-hybridized carbons (Fsp3) is 0.462. The van der Waals surface area contributed by atoms with E-state index in [9.17, 15) is 14.4 Å². The second-order valence-corrected chi connectivity index (χ2v) is 5.38. The minimum atomic E-state index is -1.17. The molecule has 20 heavy (non-hydrogen) atoms. The van der Waals surface area contributed by atoms with Crippen LogP contribution < -0.4 is 5.32 Å². The molecule has 108 valence electrons. The number of aromatic nitrogens is 2. The number of carboxylic acid groups (broad SMARTS) is 1. The monoisotopic (exact) mass is 279 g/mol. The smallest absolute Gasteiger partial charge is 0.310 e. The Labute approximate surface area is 116 Å². The predicted octanol–water partition coefficient (Wildman–Crippen LogP) is 1.05. The molecule has 1 rings (SSSR count). The summed E-state index contributed by atoms with van der Waals surface area (Å²) >= 11 is 0. The summed E-state index contributed by atoms with van der Waals surface area (Å²) in [6.45, 7) is 5.32. The van der Waals surface area contributed by atoms with Crippen LogP contribution >= 0.6 is 0 Å². The van der Waals surface area contributed by atoms with Crippen LogP contribution in [0.3, 0.4) is 0 Å². The molecule has 7 nitrogen and oxygen atoms in total.